The first-order valence-electron chi connectivity index (χ1n) is 29.8. The highest BCUT2D eigenvalue weighted by atomic mass is 31.2. The molecule has 0 aliphatic carbocycles. The highest BCUT2D eigenvalue weighted by molar-refractivity contribution is 7.47. The molecule has 6 atom stereocenters. The molecule has 1 amide bonds. The molecule has 75 heavy (non-hydrogen) atoms. The van der Waals surface area contributed by atoms with Crippen molar-refractivity contribution in [2.75, 3.05) is 33.0 Å². The number of nitrogens with zero attached hydrogens (tertiary/aromatic N) is 1. The van der Waals surface area contributed by atoms with Crippen molar-refractivity contribution in [2.24, 2.45) is 22.2 Å². The van der Waals surface area contributed by atoms with E-state index in [9.17, 15) is 33.9 Å². The van der Waals surface area contributed by atoms with Crippen molar-refractivity contribution in [2.45, 2.75) is 300 Å². The minimum Gasteiger partial charge on any atom is -0.462 e. The third-order valence-electron chi connectivity index (χ3n) is 15.5. The van der Waals surface area contributed by atoms with Gasteiger partial charge in [-0.1, -0.05) is 176 Å². The van der Waals surface area contributed by atoms with Crippen molar-refractivity contribution in [3.63, 3.8) is 0 Å². The number of nitrogens with one attached hydrogen (secondary N) is 1. The second-order valence-electron chi connectivity index (χ2n) is 23.9. The lowest BCUT2D eigenvalue weighted by Gasteiger charge is -2.48. The van der Waals surface area contributed by atoms with Gasteiger partial charge in [0.25, 0.3) is 0 Å². The number of hydrogen-bond acceptors (Lipinski definition) is 12. The Labute approximate surface area is 458 Å². The molecule has 0 aromatic carbocycles. The smallest absolute Gasteiger partial charge is 0.462 e. The number of nitriles is 1. The van der Waals surface area contributed by atoms with Crippen molar-refractivity contribution in [3.8, 4) is 6.07 Å². The number of phosphoric acid groups is 1. The lowest BCUT2D eigenvalue weighted by atomic mass is 9.55. The second kappa shape index (κ2) is 39.7. The Hall–Kier alpha value is -2.56. The quantitative estimate of drug-likeness (QED) is 0.0253. The first kappa shape index (κ1) is 72.4. The zero-order valence-corrected chi connectivity index (χ0v) is 51.1. The molecule has 0 aromatic rings. The van der Waals surface area contributed by atoms with E-state index in [1.54, 1.807) is 0 Å². The maximum absolute atomic E-state index is 14.2. The molecular formula is C60H113N2O12P. The number of carbonyl (C=O) groups excluding carboxylic acids is 4. The fourth-order valence-electron chi connectivity index (χ4n) is 9.44. The van der Waals surface area contributed by atoms with E-state index in [1.165, 1.54) is 89.9 Å². The van der Waals surface area contributed by atoms with Crippen molar-refractivity contribution in [1.29, 1.82) is 5.26 Å². The van der Waals surface area contributed by atoms with Gasteiger partial charge in [0.05, 0.1) is 42.3 Å². The van der Waals surface area contributed by atoms with E-state index in [-0.39, 0.29) is 68.8 Å². The summed E-state index contributed by atoms with van der Waals surface area (Å²) < 4.78 is 46.6. The topological polar surface area (TPSA) is 197 Å². The summed E-state index contributed by atoms with van der Waals surface area (Å²) in [6, 6.07) is 2.50. The Morgan fingerprint density at radius 2 is 1.11 bits per heavy atom. The van der Waals surface area contributed by atoms with Gasteiger partial charge in [-0.3, -0.25) is 28.2 Å². The van der Waals surface area contributed by atoms with Crippen LogP contribution in [0, 0.1) is 33.5 Å². The van der Waals surface area contributed by atoms with Crippen LogP contribution in [0.3, 0.4) is 0 Å². The highest BCUT2D eigenvalue weighted by Gasteiger charge is 2.52. The van der Waals surface area contributed by atoms with Crippen LogP contribution in [-0.2, 0) is 51.7 Å². The van der Waals surface area contributed by atoms with Crippen LogP contribution in [0.2, 0.25) is 0 Å². The molecule has 0 saturated carbocycles. The van der Waals surface area contributed by atoms with Gasteiger partial charge in [0.1, 0.15) is 12.2 Å². The van der Waals surface area contributed by atoms with E-state index in [0.29, 0.717) is 38.7 Å². The molecule has 0 saturated heterocycles. The van der Waals surface area contributed by atoms with E-state index in [1.807, 2.05) is 76.2 Å². The first-order valence-corrected chi connectivity index (χ1v) is 31.3. The number of hydrogen-bond donors (Lipinski definition) is 2. The maximum Gasteiger partial charge on any atom is 0.472 e. The minimum atomic E-state index is -4.70. The number of esters is 3. The summed E-state index contributed by atoms with van der Waals surface area (Å²) in [6.45, 7) is 25.1. The van der Waals surface area contributed by atoms with Gasteiger partial charge in [-0.05, 0) is 91.9 Å². The Balaban J connectivity index is 5.40. The minimum absolute atomic E-state index is 0.0115. The van der Waals surface area contributed by atoms with E-state index in [2.05, 4.69) is 25.2 Å². The van der Waals surface area contributed by atoms with Crippen LogP contribution in [0.15, 0.2) is 0 Å². The van der Waals surface area contributed by atoms with E-state index < -0.39 is 54.3 Å². The standard InChI is InChI=1S/C60H113N2O12P/c1-14-18-20-22-24-26-28-30-32-34-36-38-53(64)69-46-51(73-54(65)39-37-35-33-31-29-27-25-23-21-19-15-2)47-72-75(67,68)71-45-43-62-52(63)40-41-59(12,49-61)58(11,17-4)48-60(13,50(5)16-3)55(66)74-57(9,10)42-44-70-56(6,7)8/h50-51H,14-48H2,1-13H3,(H,62,63)(H,67,68)/t50?,51-,58?,59?,60?/m1/s1. The van der Waals surface area contributed by atoms with Gasteiger partial charge in [-0.25, -0.2) is 4.57 Å². The third-order valence-corrected chi connectivity index (χ3v) is 16.5. The molecule has 0 heterocycles. The van der Waals surface area contributed by atoms with Crippen molar-refractivity contribution in [3.05, 3.63) is 0 Å². The average Bonchev–Trinajstić information content (AvgIpc) is 3.35. The van der Waals surface area contributed by atoms with Gasteiger partial charge in [0, 0.05) is 32.2 Å². The fourth-order valence-corrected chi connectivity index (χ4v) is 10.2. The van der Waals surface area contributed by atoms with Crippen LogP contribution in [0.4, 0.5) is 0 Å². The Morgan fingerprint density at radius 1 is 0.627 bits per heavy atom. The van der Waals surface area contributed by atoms with Crippen LogP contribution in [0.25, 0.3) is 0 Å². The van der Waals surface area contributed by atoms with Crippen molar-refractivity contribution >= 4 is 31.6 Å². The molecule has 14 nitrogen and oxygen atoms in total. The van der Waals surface area contributed by atoms with Crippen LogP contribution >= 0.6 is 7.82 Å². The number of ether oxygens (including phenoxy) is 4. The normalized spacial score (nSPS) is 16.1. The van der Waals surface area contributed by atoms with Gasteiger partial charge in [0.2, 0.25) is 5.91 Å². The summed E-state index contributed by atoms with van der Waals surface area (Å²) in [5.41, 5.74) is -3.72. The summed E-state index contributed by atoms with van der Waals surface area (Å²) in [5, 5.41) is 13.4. The number of unbranched alkanes of at least 4 members (excludes halogenated alkanes) is 20. The molecule has 0 bridgehead atoms. The van der Waals surface area contributed by atoms with Gasteiger partial charge < -0.3 is 29.2 Å². The van der Waals surface area contributed by atoms with Crippen molar-refractivity contribution < 1.29 is 56.6 Å². The zero-order chi connectivity index (χ0) is 56.9. The van der Waals surface area contributed by atoms with Gasteiger partial charge >= 0.3 is 25.7 Å². The Kier molecular flexibility index (Phi) is 38.4. The highest BCUT2D eigenvalue weighted by Crippen LogP contribution is 2.54. The summed E-state index contributed by atoms with van der Waals surface area (Å²) in [5.74, 6) is -1.70. The summed E-state index contributed by atoms with van der Waals surface area (Å²) in [7, 11) is -4.70. The molecule has 5 unspecified atom stereocenters. The predicted molar refractivity (Wildman–Crippen MR) is 302 cm³/mol. The van der Waals surface area contributed by atoms with E-state index in [4.69, 9.17) is 28.0 Å². The summed E-state index contributed by atoms with van der Waals surface area (Å²) in [4.78, 5) is 63.6. The molecule has 15 heteroatoms. The molecule has 0 fully saturated rings. The zero-order valence-electron chi connectivity index (χ0n) is 50.2. The summed E-state index contributed by atoms with van der Waals surface area (Å²) in [6.07, 6.45) is 26.8. The number of phosphoric ester groups is 1. The molecule has 440 valence electrons. The monoisotopic (exact) mass is 1080 g/mol. The third kappa shape index (κ3) is 34.1. The van der Waals surface area contributed by atoms with Crippen LogP contribution in [0.1, 0.15) is 283 Å². The Morgan fingerprint density at radius 3 is 1.56 bits per heavy atom. The SMILES string of the molecule is CCCCCCCCCCCCCC(=O)OC[C@H](COP(=O)(O)OCCNC(=O)CCC(C)(C#N)C(C)(CC)CC(C)(C(=O)OC(C)(C)CCOC(C)(C)C)C(C)CC)OC(=O)CCCCCCCCCCCCC. The molecule has 0 aliphatic rings. The molecule has 0 aliphatic heterocycles. The molecule has 0 rings (SSSR count). The predicted octanol–water partition coefficient (Wildman–Crippen LogP) is 15.8. The Bertz CT molecular complexity index is 1650. The lowest BCUT2D eigenvalue weighted by molar-refractivity contribution is -0.178. The first-order chi connectivity index (χ1) is 35.3. The second-order valence-corrected chi connectivity index (χ2v) is 25.4. The largest absolute Gasteiger partial charge is 0.472 e. The summed E-state index contributed by atoms with van der Waals surface area (Å²) >= 11 is 0. The molecular weight excluding hydrogens is 972 g/mol. The maximum atomic E-state index is 14.2. The number of carbonyl (C=O) groups is 4. The van der Waals surface area contributed by atoms with Crippen LogP contribution in [-0.4, -0.2) is 79.0 Å². The lowest BCUT2D eigenvalue weighted by Crippen LogP contribution is -2.48. The molecule has 0 aromatic heterocycles. The van der Waals surface area contributed by atoms with Gasteiger partial charge in [-0.15, -0.1) is 0 Å². The van der Waals surface area contributed by atoms with Gasteiger partial charge in [-0.2, -0.15) is 5.26 Å². The molecule has 0 spiro atoms. The van der Waals surface area contributed by atoms with E-state index in [0.717, 1.165) is 44.9 Å². The molecule has 2 N–H and O–H groups in total. The molecule has 0 radical (unpaired) electrons. The number of rotatable bonds is 48. The fraction of sp³-hybridized carbons (Fsp3) is 0.917. The van der Waals surface area contributed by atoms with Gasteiger partial charge in [0.15, 0.2) is 6.10 Å². The van der Waals surface area contributed by atoms with E-state index >= 15 is 0 Å². The van der Waals surface area contributed by atoms with Crippen LogP contribution < -0.4 is 5.32 Å². The van der Waals surface area contributed by atoms with Crippen LogP contribution in [0.5, 0.6) is 0 Å². The average molecular weight is 1090 g/mol. The number of amides is 1. The van der Waals surface area contributed by atoms with Crippen molar-refractivity contribution in [1.82, 2.24) is 5.32 Å².